The van der Waals surface area contributed by atoms with Gasteiger partial charge in [0, 0.05) is 13.1 Å². The van der Waals surface area contributed by atoms with Crippen molar-refractivity contribution in [2.45, 2.75) is 32.2 Å². The van der Waals surface area contributed by atoms with Crippen LogP contribution in [-0.4, -0.2) is 42.8 Å². The quantitative estimate of drug-likeness (QED) is 0.801. The standard InChI is InChI=1S/C17H28N2O/c1-3-15-10-11-19(12-15)13-17(14-20,18-4-2)16-8-6-5-7-9-16/h5-9,15,18,20H,3-4,10-14H2,1-2H3. The van der Waals surface area contributed by atoms with Crippen LogP contribution < -0.4 is 5.32 Å². The number of rotatable bonds is 7. The Morgan fingerprint density at radius 3 is 2.60 bits per heavy atom. The first kappa shape index (κ1) is 15.5. The van der Waals surface area contributed by atoms with Gasteiger partial charge in [-0.25, -0.2) is 0 Å². The molecule has 0 aliphatic carbocycles. The lowest BCUT2D eigenvalue weighted by Gasteiger charge is -2.37. The Balaban J connectivity index is 2.15. The van der Waals surface area contributed by atoms with Crippen LogP contribution in [0, 0.1) is 5.92 Å². The van der Waals surface area contributed by atoms with E-state index in [4.69, 9.17) is 0 Å². The smallest absolute Gasteiger partial charge is 0.0797 e. The number of aliphatic hydroxyl groups is 1. The minimum Gasteiger partial charge on any atom is -0.394 e. The Morgan fingerprint density at radius 1 is 1.30 bits per heavy atom. The van der Waals surface area contributed by atoms with Crippen molar-refractivity contribution >= 4 is 0 Å². The molecule has 2 atom stereocenters. The van der Waals surface area contributed by atoms with E-state index in [-0.39, 0.29) is 12.1 Å². The molecule has 0 saturated carbocycles. The first-order chi connectivity index (χ1) is 9.74. The van der Waals surface area contributed by atoms with Crippen molar-refractivity contribution in [2.24, 2.45) is 5.92 Å². The van der Waals surface area contributed by atoms with Crippen LogP contribution >= 0.6 is 0 Å². The summed E-state index contributed by atoms with van der Waals surface area (Å²) in [6, 6.07) is 10.4. The average Bonchev–Trinajstić information content (AvgIpc) is 2.95. The van der Waals surface area contributed by atoms with Gasteiger partial charge in [0.25, 0.3) is 0 Å². The molecule has 0 radical (unpaired) electrons. The van der Waals surface area contributed by atoms with Gasteiger partial charge in [-0.2, -0.15) is 0 Å². The lowest BCUT2D eigenvalue weighted by atomic mass is 9.89. The zero-order valence-corrected chi connectivity index (χ0v) is 12.8. The van der Waals surface area contributed by atoms with Crippen molar-refractivity contribution in [3.05, 3.63) is 35.9 Å². The molecule has 1 aliphatic rings. The molecular weight excluding hydrogens is 248 g/mol. The van der Waals surface area contributed by atoms with Crippen molar-refractivity contribution in [3.8, 4) is 0 Å². The summed E-state index contributed by atoms with van der Waals surface area (Å²) < 4.78 is 0. The minimum atomic E-state index is -0.335. The Morgan fingerprint density at radius 2 is 2.05 bits per heavy atom. The Bertz CT molecular complexity index is 395. The molecule has 112 valence electrons. The van der Waals surface area contributed by atoms with Gasteiger partial charge in [-0.15, -0.1) is 0 Å². The number of aliphatic hydroxyl groups excluding tert-OH is 1. The molecule has 3 heteroatoms. The normalized spacial score (nSPS) is 22.9. The van der Waals surface area contributed by atoms with Gasteiger partial charge in [-0.05, 0) is 31.0 Å². The molecule has 0 aromatic heterocycles. The highest BCUT2D eigenvalue weighted by molar-refractivity contribution is 5.25. The molecule has 1 aliphatic heterocycles. The van der Waals surface area contributed by atoms with E-state index in [1.54, 1.807) is 0 Å². The van der Waals surface area contributed by atoms with Crippen LogP contribution in [0.5, 0.6) is 0 Å². The highest BCUT2D eigenvalue weighted by Gasteiger charge is 2.34. The predicted molar refractivity (Wildman–Crippen MR) is 83.7 cm³/mol. The lowest BCUT2D eigenvalue weighted by Crippen LogP contribution is -2.53. The molecule has 1 aromatic rings. The van der Waals surface area contributed by atoms with Crippen LogP contribution in [0.1, 0.15) is 32.3 Å². The maximum atomic E-state index is 10.1. The highest BCUT2D eigenvalue weighted by atomic mass is 16.3. The van der Waals surface area contributed by atoms with E-state index in [0.717, 1.165) is 32.1 Å². The van der Waals surface area contributed by atoms with Crippen molar-refractivity contribution in [1.29, 1.82) is 0 Å². The largest absolute Gasteiger partial charge is 0.394 e. The van der Waals surface area contributed by atoms with Gasteiger partial charge >= 0.3 is 0 Å². The zero-order valence-electron chi connectivity index (χ0n) is 12.8. The van der Waals surface area contributed by atoms with E-state index < -0.39 is 0 Å². The third kappa shape index (κ3) is 3.40. The van der Waals surface area contributed by atoms with Crippen LogP contribution in [0.15, 0.2) is 30.3 Å². The van der Waals surface area contributed by atoms with Gasteiger partial charge in [0.2, 0.25) is 0 Å². The number of nitrogens with one attached hydrogen (secondary N) is 1. The summed E-state index contributed by atoms with van der Waals surface area (Å²) in [4.78, 5) is 2.50. The van der Waals surface area contributed by atoms with Gasteiger partial charge in [-0.3, -0.25) is 0 Å². The fourth-order valence-electron chi connectivity index (χ4n) is 3.31. The summed E-state index contributed by atoms with van der Waals surface area (Å²) in [5.74, 6) is 0.823. The first-order valence-corrected chi connectivity index (χ1v) is 7.88. The molecule has 1 saturated heterocycles. The summed E-state index contributed by atoms with van der Waals surface area (Å²) in [6.07, 6.45) is 2.55. The number of likely N-dealkylation sites (tertiary alicyclic amines) is 1. The van der Waals surface area contributed by atoms with Crippen molar-refractivity contribution in [2.75, 3.05) is 32.8 Å². The minimum absolute atomic E-state index is 0.137. The average molecular weight is 276 g/mol. The second kappa shape index (κ2) is 7.21. The number of likely N-dealkylation sites (N-methyl/N-ethyl adjacent to an activating group) is 1. The topological polar surface area (TPSA) is 35.5 Å². The van der Waals surface area contributed by atoms with Crippen LogP contribution in [0.2, 0.25) is 0 Å². The van der Waals surface area contributed by atoms with Gasteiger partial charge in [0.15, 0.2) is 0 Å². The highest BCUT2D eigenvalue weighted by Crippen LogP contribution is 2.26. The molecule has 1 fully saturated rings. The molecule has 0 amide bonds. The number of benzene rings is 1. The van der Waals surface area contributed by atoms with E-state index in [1.807, 2.05) is 6.07 Å². The summed E-state index contributed by atoms with van der Waals surface area (Å²) in [5.41, 5.74) is 0.850. The fourth-order valence-corrected chi connectivity index (χ4v) is 3.31. The Labute approximate surface area is 123 Å². The number of nitrogens with zero attached hydrogens (tertiary/aromatic N) is 1. The number of hydrogen-bond acceptors (Lipinski definition) is 3. The van der Waals surface area contributed by atoms with Crippen LogP contribution in [0.3, 0.4) is 0 Å². The fraction of sp³-hybridized carbons (Fsp3) is 0.647. The Hall–Kier alpha value is -0.900. The van der Waals surface area contributed by atoms with Crippen LogP contribution in [0.4, 0.5) is 0 Å². The second-order valence-electron chi connectivity index (χ2n) is 5.93. The summed E-state index contributed by atoms with van der Waals surface area (Å²) in [7, 11) is 0. The molecule has 1 heterocycles. The summed E-state index contributed by atoms with van der Waals surface area (Å²) in [6.45, 7) is 8.58. The van der Waals surface area contributed by atoms with Crippen molar-refractivity contribution in [3.63, 3.8) is 0 Å². The van der Waals surface area contributed by atoms with Crippen LogP contribution in [0.25, 0.3) is 0 Å². The third-order valence-corrected chi connectivity index (χ3v) is 4.55. The summed E-state index contributed by atoms with van der Waals surface area (Å²) in [5, 5.41) is 13.6. The zero-order chi connectivity index (χ0) is 14.4. The predicted octanol–water partition coefficient (Wildman–Crippen LogP) is 2.22. The van der Waals surface area contributed by atoms with E-state index in [1.165, 1.54) is 18.4 Å². The van der Waals surface area contributed by atoms with Gasteiger partial charge in [0.05, 0.1) is 12.1 Å². The third-order valence-electron chi connectivity index (χ3n) is 4.55. The molecule has 2 N–H and O–H groups in total. The molecule has 20 heavy (non-hydrogen) atoms. The van der Waals surface area contributed by atoms with Gasteiger partial charge in [0.1, 0.15) is 0 Å². The molecule has 0 bridgehead atoms. The van der Waals surface area contributed by atoms with Crippen molar-refractivity contribution < 1.29 is 5.11 Å². The second-order valence-corrected chi connectivity index (χ2v) is 5.93. The Kier molecular flexibility index (Phi) is 5.58. The molecule has 3 nitrogen and oxygen atoms in total. The molecule has 0 spiro atoms. The van der Waals surface area contributed by atoms with E-state index in [9.17, 15) is 5.11 Å². The lowest BCUT2D eigenvalue weighted by molar-refractivity contribution is 0.117. The van der Waals surface area contributed by atoms with Gasteiger partial charge < -0.3 is 15.3 Å². The van der Waals surface area contributed by atoms with E-state index in [0.29, 0.717) is 0 Å². The molecule has 1 aromatic carbocycles. The summed E-state index contributed by atoms with van der Waals surface area (Å²) >= 11 is 0. The first-order valence-electron chi connectivity index (χ1n) is 7.88. The van der Waals surface area contributed by atoms with Gasteiger partial charge in [-0.1, -0.05) is 50.6 Å². The number of hydrogen-bond donors (Lipinski definition) is 2. The maximum Gasteiger partial charge on any atom is 0.0797 e. The maximum absolute atomic E-state index is 10.1. The molecule has 2 rings (SSSR count). The monoisotopic (exact) mass is 276 g/mol. The van der Waals surface area contributed by atoms with E-state index in [2.05, 4.69) is 48.3 Å². The SMILES string of the molecule is CCNC(CO)(CN1CCC(CC)C1)c1ccccc1. The van der Waals surface area contributed by atoms with E-state index >= 15 is 0 Å². The molecule has 2 unspecified atom stereocenters. The van der Waals surface area contributed by atoms with Crippen molar-refractivity contribution in [1.82, 2.24) is 10.2 Å². The van der Waals surface area contributed by atoms with Crippen LogP contribution in [-0.2, 0) is 5.54 Å². The molecular formula is C17H28N2O.